The largest absolute Gasteiger partial charge is 0.321 e. The molecule has 2 aromatic carbocycles. The Hall–Kier alpha value is -3.01. The van der Waals surface area contributed by atoms with Crippen molar-refractivity contribution in [1.29, 1.82) is 0 Å². The van der Waals surface area contributed by atoms with E-state index in [4.69, 9.17) is 17.3 Å². The van der Waals surface area contributed by atoms with E-state index in [2.05, 4.69) is 73.5 Å². The third kappa shape index (κ3) is 7.99. The molecule has 0 aromatic heterocycles. The summed E-state index contributed by atoms with van der Waals surface area (Å²) >= 11 is 6.31. The highest BCUT2D eigenvalue weighted by Crippen LogP contribution is 2.41. The number of ketones is 1. The summed E-state index contributed by atoms with van der Waals surface area (Å²) in [6.45, 7) is 4.22. The molecule has 2 aromatic rings. The molecule has 0 amide bonds. The van der Waals surface area contributed by atoms with Gasteiger partial charge >= 0.3 is 0 Å². The Morgan fingerprint density at radius 2 is 2.03 bits per heavy atom. The van der Waals surface area contributed by atoms with E-state index in [9.17, 15) is 4.79 Å². The van der Waals surface area contributed by atoms with Gasteiger partial charge in [-0.1, -0.05) is 79.1 Å². The number of aliphatic imine (C=N–C) groups is 1. The first-order chi connectivity index (χ1) is 18.4. The van der Waals surface area contributed by atoms with Gasteiger partial charge in [-0.25, -0.2) is 0 Å². The highest BCUT2D eigenvalue weighted by atomic mass is 35.5. The second-order valence-electron chi connectivity index (χ2n) is 10.5. The zero-order valence-electron chi connectivity index (χ0n) is 22.6. The smallest absolute Gasteiger partial charge is 0.172 e. The Labute approximate surface area is 232 Å². The second kappa shape index (κ2) is 13.7. The van der Waals surface area contributed by atoms with Crippen LogP contribution in [0.1, 0.15) is 74.1 Å². The Morgan fingerprint density at radius 1 is 1.21 bits per heavy atom. The van der Waals surface area contributed by atoms with Crippen LogP contribution < -0.4 is 5.73 Å². The SMILES string of the molecule is CCC(CCC=C(C)/C=C1/N=C\C=C\Cc2ccccc21)C(N)C(=O)/C=C/Cc1cc(Cl)cc(C2CC2)c1. The predicted molar refractivity (Wildman–Crippen MR) is 162 cm³/mol. The van der Waals surface area contributed by atoms with E-state index < -0.39 is 6.04 Å². The van der Waals surface area contributed by atoms with Crippen LogP contribution in [0.4, 0.5) is 0 Å². The molecule has 2 atom stereocenters. The normalized spacial score (nSPS) is 20.0. The van der Waals surface area contributed by atoms with E-state index in [0.29, 0.717) is 12.3 Å². The quantitative estimate of drug-likeness (QED) is 0.300. The lowest BCUT2D eigenvalue weighted by atomic mass is 9.89. The van der Waals surface area contributed by atoms with Crippen LogP contribution in [0.5, 0.6) is 0 Å². The van der Waals surface area contributed by atoms with E-state index in [1.54, 1.807) is 6.08 Å². The van der Waals surface area contributed by atoms with Crippen LogP contribution in [-0.2, 0) is 17.6 Å². The fourth-order valence-electron chi connectivity index (χ4n) is 5.05. The molecule has 1 aliphatic heterocycles. The monoisotopic (exact) mass is 526 g/mol. The molecule has 1 fully saturated rings. The van der Waals surface area contributed by atoms with Crippen LogP contribution >= 0.6 is 11.6 Å². The molecule has 4 rings (SSSR count). The molecular weight excluding hydrogens is 488 g/mol. The summed E-state index contributed by atoms with van der Waals surface area (Å²) in [5.41, 5.74) is 13.5. The fourth-order valence-corrected chi connectivity index (χ4v) is 5.32. The van der Waals surface area contributed by atoms with E-state index >= 15 is 0 Å². The van der Waals surface area contributed by atoms with Gasteiger partial charge in [0.2, 0.25) is 0 Å². The second-order valence-corrected chi connectivity index (χ2v) is 10.9. The van der Waals surface area contributed by atoms with Crippen LogP contribution in [-0.4, -0.2) is 18.0 Å². The Kier molecular flexibility index (Phi) is 10.1. The minimum absolute atomic E-state index is 0.00219. The topological polar surface area (TPSA) is 55.4 Å². The maximum absolute atomic E-state index is 12.8. The number of nitrogens with zero attached hydrogens (tertiary/aromatic N) is 1. The Balaban J connectivity index is 1.33. The number of rotatable bonds is 11. The van der Waals surface area contributed by atoms with Crippen LogP contribution in [0, 0.1) is 5.92 Å². The summed E-state index contributed by atoms with van der Waals surface area (Å²) in [5, 5.41) is 0.772. The molecule has 198 valence electrons. The first kappa shape index (κ1) is 28.0. The van der Waals surface area contributed by atoms with E-state index in [1.165, 1.54) is 35.1 Å². The average molecular weight is 527 g/mol. The van der Waals surface area contributed by atoms with E-state index in [1.807, 2.05) is 24.4 Å². The van der Waals surface area contributed by atoms with Gasteiger partial charge in [-0.05, 0) is 104 Å². The number of hydrogen-bond acceptors (Lipinski definition) is 3. The standard InChI is InChI=1S/C34H39ClN2O/c1-3-26(34(36)33(38)16-9-11-25-21-29(27-17-18-27)23-30(35)22-25)14-8-10-24(2)20-32-31-15-5-4-12-28(31)13-6-7-19-37-32/h4-7,9-10,12,15-16,19-23,26-27,34H,3,8,11,13-14,17-18,36H2,1-2H3/b7-6+,16-9+,24-10?,32-20+,37-19-. The molecule has 2 aliphatic rings. The van der Waals surface area contributed by atoms with E-state index in [0.717, 1.165) is 42.0 Å². The summed E-state index contributed by atoms with van der Waals surface area (Å²) < 4.78 is 0. The van der Waals surface area contributed by atoms with Gasteiger partial charge in [0.15, 0.2) is 5.78 Å². The van der Waals surface area contributed by atoms with Crippen LogP contribution in [0.25, 0.3) is 5.70 Å². The van der Waals surface area contributed by atoms with Gasteiger partial charge in [-0.15, -0.1) is 0 Å². The Bertz CT molecular complexity index is 1280. The number of benzene rings is 2. The molecule has 3 nitrogen and oxygen atoms in total. The lowest BCUT2D eigenvalue weighted by Crippen LogP contribution is -2.37. The van der Waals surface area contributed by atoms with Gasteiger partial charge in [-0.3, -0.25) is 9.79 Å². The minimum atomic E-state index is -0.487. The number of nitrogens with two attached hydrogens (primary N) is 1. The van der Waals surface area contributed by atoms with Crippen molar-refractivity contribution >= 4 is 29.3 Å². The molecule has 2 N–H and O–H groups in total. The van der Waals surface area contributed by atoms with Crippen molar-refractivity contribution < 1.29 is 4.79 Å². The number of carbonyl (C=O) groups is 1. The Morgan fingerprint density at radius 3 is 2.82 bits per heavy atom. The van der Waals surface area contributed by atoms with Crippen LogP contribution in [0.3, 0.4) is 0 Å². The van der Waals surface area contributed by atoms with Crippen molar-refractivity contribution in [3.05, 3.63) is 112 Å². The van der Waals surface area contributed by atoms with Crippen LogP contribution in [0.15, 0.2) is 89.5 Å². The minimum Gasteiger partial charge on any atom is -0.321 e. The fraction of sp³-hybridized carbons (Fsp3) is 0.353. The summed E-state index contributed by atoms with van der Waals surface area (Å²) in [4.78, 5) is 17.5. The van der Waals surface area contributed by atoms with Gasteiger partial charge in [-0.2, -0.15) is 0 Å². The summed E-state index contributed by atoms with van der Waals surface area (Å²) in [5.74, 6) is 0.794. The predicted octanol–water partition coefficient (Wildman–Crippen LogP) is 8.19. The number of fused-ring (bicyclic) bond motifs is 1. The van der Waals surface area contributed by atoms with Gasteiger partial charge in [0.05, 0.1) is 11.7 Å². The molecular formula is C34H39ClN2O. The average Bonchev–Trinajstić information content (AvgIpc) is 3.74. The van der Waals surface area contributed by atoms with Crippen molar-refractivity contribution in [3.63, 3.8) is 0 Å². The molecule has 0 spiro atoms. The number of hydrogen-bond donors (Lipinski definition) is 1. The lowest BCUT2D eigenvalue weighted by molar-refractivity contribution is -0.116. The van der Waals surface area contributed by atoms with Gasteiger partial charge < -0.3 is 5.73 Å². The molecule has 0 radical (unpaired) electrons. The number of carbonyl (C=O) groups excluding carboxylic acids is 1. The van der Waals surface area contributed by atoms with Crippen molar-refractivity contribution in [2.45, 2.75) is 70.8 Å². The van der Waals surface area contributed by atoms with Gasteiger partial charge in [0.25, 0.3) is 0 Å². The molecule has 1 saturated carbocycles. The molecule has 1 heterocycles. The summed E-state index contributed by atoms with van der Waals surface area (Å²) in [6, 6.07) is 14.2. The summed E-state index contributed by atoms with van der Waals surface area (Å²) in [7, 11) is 0. The zero-order chi connectivity index (χ0) is 26.9. The van der Waals surface area contributed by atoms with Crippen LogP contribution in [0.2, 0.25) is 5.02 Å². The molecule has 1 aliphatic carbocycles. The zero-order valence-corrected chi connectivity index (χ0v) is 23.3. The molecule has 4 heteroatoms. The first-order valence-electron chi connectivity index (χ1n) is 13.9. The number of halogens is 1. The molecule has 2 unspecified atom stereocenters. The van der Waals surface area contributed by atoms with Crippen molar-refractivity contribution in [2.24, 2.45) is 16.6 Å². The van der Waals surface area contributed by atoms with Gasteiger partial charge in [0, 0.05) is 16.8 Å². The van der Waals surface area contributed by atoms with Crippen molar-refractivity contribution in [3.8, 4) is 0 Å². The first-order valence-corrected chi connectivity index (χ1v) is 14.2. The molecule has 0 bridgehead atoms. The number of allylic oxidation sites excluding steroid dienone is 6. The van der Waals surface area contributed by atoms with Crippen molar-refractivity contribution in [1.82, 2.24) is 0 Å². The lowest BCUT2D eigenvalue weighted by Gasteiger charge is -2.20. The summed E-state index contributed by atoms with van der Waals surface area (Å²) in [6.07, 6.45) is 20.7. The maximum atomic E-state index is 12.8. The maximum Gasteiger partial charge on any atom is 0.172 e. The highest BCUT2D eigenvalue weighted by molar-refractivity contribution is 6.30. The van der Waals surface area contributed by atoms with Crippen molar-refractivity contribution in [2.75, 3.05) is 0 Å². The third-order valence-electron chi connectivity index (χ3n) is 7.46. The highest BCUT2D eigenvalue weighted by Gasteiger charge is 2.24. The third-order valence-corrected chi connectivity index (χ3v) is 7.68. The van der Waals surface area contributed by atoms with Gasteiger partial charge in [0.1, 0.15) is 0 Å². The molecule has 38 heavy (non-hydrogen) atoms. The molecule has 0 saturated heterocycles. The van der Waals surface area contributed by atoms with E-state index in [-0.39, 0.29) is 11.7 Å².